The zero-order valence-electron chi connectivity index (χ0n) is 17.9. The summed E-state index contributed by atoms with van der Waals surface area (Å²) in [6.45, 7) is 1.95. The fourth-order valence-electron chi connectivity index (χ4n) is 5.29. The molecule has 0 bridgehead atoms. The zero-order chi connectivity index (χ0) is 23.4. The Morgan fingerprint density at radius 2 is 2.00 bits per heavy atom. The molecule has 0 radical (unpaired) electrons. The van der Waals surface area contributed by atoms with Crippen LogP contribution in [-0.4, -0.2) is 51.8 Å². The fourth-order valence-corrected chi connectivity index (χ4v) is 5.29. The lowest BCUT2D eigenvalue weighted by Gasteiger charge is -2.16. The zero-order valence-corrected chi connectivity index (χ0v) is 17.9. The van der Waals surface area contributed by atoms with Gasteiger partial charge >= 0.3 is 6.09 Å². The van der Waals surface area contributed by atoms with Crippen LogP contribution in [0.15, 0.2) is 42.9 Å². The summed E-state index contributed by atoms with van der Waals surface area (Å²) in [7, 11) is 0. The summed E-state index contributed by atoms with van der Waals surface area (Å²) in [5.74, 6) is -1.20. The maximum absolute atomic E-state index is 15.1. The van der Waals surface area contributed by atoms with Crippen molar-refractivity contribution in [3.05, 3.63) is 60.2 Å². The normalized spacial score (nSPS) is 27.4. The van der Waals surface area contributed by atoms with Gasteiger partial charge < -0.3 is 10.1 Å². The average Bonchev–Trinajstić information content (AvgIpc) is 3.34. The van der Waals surface area contributed by atoms with Crippen molar-refractivity contribution < 1.29 is 18.3 Å². The van der Waals surface area contributed by atoms with E-state index in [-0.39, 0.29) is 41.7 Å². The second kappa shape index (κ2) is 7.56. The number of hydrogen-bond donors (Lipinski definition) is 1. The van der Waals surface area contributed by atoms with Crippen molar-refractivity contribution in [1.82, 2.24) is 25.3 Å². The molecule has 172 valence electrons. The molecule has 2 aromatic heterocycles. The largest absolute Gasteiger partial charge is 0.442 e. The van der Waals surface area contributed by atoms with Gasteiger partial charge in [0.2, 0.25) is 0 Å². The van der Waals surface area contributed by atoms with Crippen LogP contribution in [-0.2, 0) is 16.7 Å². The Kier molecular flexibility index (Phi) is 4.60. The van der Waals surface area contributed by atoms with Crippen molar-refractivity contribution in [1.29, 1.82) is 5.26 Å². The lowest BCUT2D eigenvalue weighted by atomic mass is 9.95. The molecule has 3 fully saturated rings. The maximum atomic E-state index is 15.1. The first-order valence-electron chi connectivity index (χ1n) is 10.9. The van der Waals surface area contributed by atoms with Crippen LogP contribution in [0, 0.1) is 34.8 Å². The van der Waals surface area contributed by atoms with Gasteiger partial charge in [-0.2, -0.15) is 5.26 Å². The topological polar surface area (TPSA) is 109 Å². The van der Waals surface area contributed by atoms with Gasteiger partial charge in [0.15, 0.2) is 0 Å². The molecule has 34 heavy (non-hydrogen) atoms. The van der Waals surface area contributed by atoms with Crippen LogP contribution in [0.4, 0.5) is 19.3 Å². The fraction of sp³-hybridized carbons (Fsp3) is 0.348. The predicted octanol–water partition coefficient (Wildman–Crippen LogP) is 2.25. The molecule has 9 nitrogen and oxygen atoms in total. The summed E-state index contributed by atoms with van der Waals surface area (Å²) >= 11 is 0. The Balaban J connectivity index is 1.24. The number of nitriles is 1. The quantitative estimate of drug-likeness (QED) is 0.618. The summed E-state index contributed by atoms with van der Waals surface area (Å²) in [4.78, 5) is 17.9. The Morgan fingerprint density at radius 1 is 1.24 bits per heavy atom. The third kappa shape index (κ3) is 3.06. The van der Waals surface area contributed by atoms with Gasteiger partial charge in [-0.15, -0.1) is 5.10 Å². The van der Waals surface area contributed by atoms with Gasteiger partial charge in [-0.3, -0.25) is 9.88 Å². The molecule has 3 aliphatic rings. The number of rotatable bonds is 5. The highest BCUT2D eigenvalue weighted by atomic mass is 19.1. The summed E-state index contributed by atoms with van der Waals surface area (Å²) in [5.41, 5.74) is 0.0968. The predicted molar refractivity (Wildman–Crippen MR) is 114 cm³/mol. The Labute approximate surface area is 193 Å². The number of fused-ring (bicyclic) bond motifs is 1. The first kappa shape index (κ1) is 20.7. The summed E-state index contributed by atoms with van der Waals surface area (Å²) in [6, 6.07) is 7.89. The molecule has 1 saturated carbocycles. The number of nitrogens with zero attached hydrogens (tertiary/aromatic N) is 6. The van der Waals surface area contributed by atoms with Crippen molar-refractivity contribution in [2.75, 3.05) is 24.5 Å². The van der Waals surface area contributed by atoms with E-state index in [1.165, 1.54) is 22.0 Å². The van der Waals surface area contributed by atoms with E-state index >= 15 is 8.78 Å². The second-order valence-electron chi connectivity index (χ2n) is 8.81. The number of carbonyl (C=O) groups excluding carboxylic acids is 1. The molecule has 6 rings (SSSR count). The number of anilines is 1. The van der Waals surface area contributed by atoms with Crippen LogP contribution < -0.4 is 10.2 Å². The number of hydrogen-bond acceptors (Lipinski definition) is 7. The molecule has 1 amide bonds. The summed E-state index contributed by atoms with van der Waals surface area (Å²) < 4.78 is 36.9. The molecular weight excluding hydrogens is 444 g/mol. The Bertz CT molecular complexity index is 1270. The van der Waals surface area contributed by atoms with E-state index in [1.807, 2.05) is 0 Å². The smallest absolute Gasteiger partial charge is 0.414 e. The SMILES string of the molecule is N#C[C@]1(c2ccc(-c3c(F)cc(N4C[C@H](Cn5ccnn5)OC4=O)cc3F)cn2)[C@@H]2CNC[C@@H]21. The number of amides is 1. The summed E-state index contributed by atoms with van der Waals surface area (Å²) in [5, 5.41) is 20.5. The van der Waals surface area contributed by atoms with E-state index in [4.69, 9.17) is 4.74 Å². The van der Waals surface area contributed by atoms with Crippen LogP contribution in [0.1, 0.15) is 5.69 Å². The molecule has 3 aromatic rings. The molecule has 0 spiro atoms. The van der Waals surface area contributed by atoms with Crippen molar-refractivity contribution >= 4 is 11.8 Å². The van der Waals surface area contributed by atoms with Crippen LogP contribution in [0.2, 0.25) is 0 Å². The first-order valence-corrected chi connectivity index (χ1v) is 10.9. The van der Waals surface area contributed by atoms with Crippen LogP contribution in [0.5, 0.6) is 0 Å². The lowest BCUT2D eigenvalue weighted by molar-refractivity contribution is 0.129. The lowest BCUT2D eigenvalue weighted by Crippen LogP contribution is -2.26. The second-order valence-corrected chi connectivity index (χ2v) is 8.81. The highest BCUT2D eigenvalue weighted by Gasteiger charge is 2.69. The van der Waals surface area contributed by atoms with Gasteiger partial charge in [0.25, 0.3) is 0 Å². The molecule has 4 atom stereocenters. The van der Waals surface area contributed by atoms with Gasteiger partial charge in [-0.25, -0.2) is 18.3 Å². The van der Waals surface area contributed by atoms with Crippen molar-refractivity contribution in [3.8, 4) is 17.2 Å². The van der Waals surface area contributed by atoms with E-state index in [0.29, 0.717) is 5.69 Å². The maximum Gasteiger partial charge on any atom is 0.414 e. The number of aromatic nitrogens is 4. The number of ether oxygens (including phenoxy) is 1. The van der Waals surface area contributed by atoms with Crippen molar-refractivity contribution in [3.63, 3.8) is 0 Å². The molecule has 2 aliphatic heterocycles. The average molecular weight is 463 g/mol. The van der Waals surface area contributed by atoms with Gasteiger partial charge in [-0.05, 0) is 18.2 Å². The molecule has 2 saturated heterocycles. The van der Waals surface area contributed by atoms with Gasteiger partial charge in [0.1, 0.15) is 23.2 Å². The number of carbonyl (C=O) groups is 1. The molecular formula is C23H19F2N7O2. The number of benzene rings is 1. The number of halogens is 2. The minimum Gasteiger partial charge on any atom is -0.442 e. The molecule has 0 unspecified atom stereocenters. The third-order valence-corrected chi connectivity index (χ3v) is 7.01. The minimum atomic E-state index is -0.820. The van der Waals surface area contributed by atoms with E-state index in [9.17, 15) is 10.1 Å². The molecule has 11 heteroatoms. The van der Waals surface area contributed by atoms with E-state index in [2.05, 4.69) is 26.7 Å². The van der Waals surface area contributed by atoms with Crippen LogP contribution >= 0.6 is 0 Å². The number of cyclic esters (lactones) is 1. The minimum absolute atomic E-state index is 0.0659. The number of pyridine rings is 1. The summed E-state index contributed by atoms with van der Waals surface area (Å²) in [6.07, 6.45) is 3.33. The van der Waals surface area contributed by atoms with E-state index in [1.54, 1.807) is 18.3 Å². The molecule has 1 N–H and O–H groups in total. The number of nitrogens with one attached hydrogen (secondary N) is 1. The van der Waals surface area contributed by atoms with Gasteiger partial charge in [0.05, 0.1) is 42.3 Å². The van der Waals surface area contributed by atoms with Crippen LogP contribution in [0.3, 0.4) is 0 Å². The first-order chi connectivity index (χ1) is 16.5. The van der Waals surface area contributed by atoms with E-state index < -0.39 is 29.2 Å². The molecule has 4 heterocycles. The number of piperidine rings is 1. The molecule has 1 aliphatic carbocycles. The highest BCUT2D eigenvalue weighted by molar-refractivity contribution is 5.90. The van der Waals surface area contributed by atoms with E-state index in [0.717, 1.165) is 25.2 Å². The van der Waals surface area contributed by atoms with Gasteiger partial charge in [-0.1, -0.05) is 11.3 Å². The third-order valence-electron chi connectivity index (χ3n) is 7.01. The highest BCUT2D eigenvalue weighted by Crippen LogP contribution is 2.60. The monoisotopic (exact) mass is 463 g/mol. The standard InChI is InChI=1S/C23H19F2N7O2/c24-18-5-14(32-11-15(34-22(32)33)10-31-4-3-29-30-31)6-19(25)21(18)13-1-2-20(28-7-13)23(12-26)16-8-27-9-17(16)23/h1-7,15-17,27H,8-11H2/t15-,16-,17+,23+/m0/s1. The molecule has 1 aromatic carbocycles. The van der Waals surface area contributed by atoms with Gasteiger partial charge in [0, 0.05) is 42.9 Å². The Hall–Kier alpha value is -3.91. The van der Waals surface area contributed by atoms with Crippen LogP contribution in [0.25, 0.3) is 11.1 Å². The van der Waals surface area contributed by atoms with Crippen molar-refractivity contribution in [2.24, 2.45) is 11.8 Å². The Morgan fingerprint density at radius 3 is 2.62 bits per heavy atom. The van der Waals surface area contributed by atoms with Crippen molar-refractivity contribution in [2.45, 2.75) is 18.1 Å².